The number of aromatic nitrogens is 1. The second-order valence-electron chi connectivity index (χ2n) is 5.48. The van der Waals surface area contributed by atoms with Crippen LogP contribution in [0.3, 0.4) is 0 Å². The van der Waals surface area contributed by atoms with Crippen molar-refractivity contribution in [3.8, 4) is 0 Å². The van der Waals surface area contributed by atoms with Gasteiger partial charge in [-0.1, -0.05) is 6.42 Å². The predicted octanol–water partition coefficient (Wildman–Crippen LogP) is 3.01. The topological polar surface area (TPSA) is 42.0 Å². The first-order valence-electron chi connectivity index (χ1n) is 6.62. The van der Waals surface area contributed by atoms with Crippen molar-refractivity contribution in [1.29, 1.82) is 0 Å². The largest absolute Gasteiger partial charge is 0.350 e. The van der Waals surface area contributed by atoms with Crippen molar-refractivity contribution in [3.63, 3.8) is 0 Å². The Labute approximate surface area is 116 Å². The van der Waals surface area contributed by atoms with Gasteiger partial charge in [0.15, 0.2) is 0 Å². The Morgan fingerprint density at radius 2 is 2.33 bits per heavy atom. The summed E-state index contributed by atoms with van der Waals surface area (Å²) in [5.74, 6) is 2.40. The summed E-state index contributed by atoms with van der Waals surface area (Å²) in [6, 6.07) is 3.66. The number of fused-ring (bicyclic) bond motifs is 2. The highest BCUT2D eigenvalue weighted by Crippen LogP contribution is 2.47. The molecule has 18 heavy (non-hydrogen) atoms. The molecule has 3 rings (SSSR count). The highest BCUT2D eigenvalue weighted by molar-refractivity contribution is 9.10. The van der Waals surface area contributed by atoms with Gasteiger partial charge in [-0.25, -0.2) is 4.98 Å². The number of amides is 1. The van der Waals surface area contributed by atoms with Gasteiger partial charge >= 0.3 is 0 Å². The summed E-state index contributed by atoms with van der Waals surface area (Å²) in [5, 5.41) is 3.04. The van der Waals surface area contributed by atoms with Crippen LogP contribution in [0.2, 0.25) is 0 Å². The van der Waals surface area contributed by atoms with Crippen molar-refractivity contribution in [2.75, 3.05) is 6.54 Å². The number of hydrogen-bond donors (Lipinski definition) is 1. The standard InChI is InChI=1S/C14H17BrN2O/c15-12-2-1-5-16-13(12)14(18)17-8-11-7-9-3-4-10(11)6-9/h1-2,5,9-11H,3-4,6-8H2,(H,17,18). The molecule has 3 nitrogen and oxygen atoms in total. The number of nitrogens with zero attached hydrogens (tertiary/aromatic N) is 1. The molecule has 0 saturated heterocycles. The van der Waals surface area contributed by atoms with E-state index in [1.807, 2.05) is 12.1 Å². The fourth-order valence-electron chi connectivity index (χ4n) is 3.49. The van der Waals surface area contributed by atoms with Crippen LogP contribution in [0, 0.1) is 17.8 Å². The van der Waals surface area contributed by atoms with Crippen LogP contribution in [-0.4, -0.2) is 17.4 Å². The zero-order valence-electron chi connectivity index (χ0n) is 10.2. The molecule has 96 valence electrons. The zero-order valence-corrected chi connectivity index (χ0v) is 11.8. The first-order chi connectivity index (χ1) is 8.74. The summed E-state index contributed by atoms with van der Waals surface area (Å²) in [6.07, 6.45) is 7.10. The molecule has 2 fully saturated rings. The normalized spacial score (nSPS) is 29.5. The molecule has 0 spiro atoms. The van der Waals surface area contributed by atoms with Gasteiger partial charge in [0.25, 0.3) is 5.91 Å². The van der Waals surface area contributed by atoms with Gasteiger partial charge < -0.3 is 5.32 Å². The fraction of sp³-hybridized carbons (Fsp3) is 0.571. The van der Waals surface area contributed by atoms with Gasteiger partial charge in [0.2, 0.25) is 0 Å². The fourth-order valence-corrected chi connectivity index (χ4v) is 3.92. The molecular weight excluding hydrogens is 292 g/mol. The third kappa shape index (κ3) is 2.30. The van der Waals surface area contributed by atoms with Crippen LogP contribution >= 0.6 is 15.9 Å². The van der Waals surface area contributed by atoms with Gasteiger partial charge in [0.1, 0.15) is 5.69 Å². The first kappa shape index (κ1) is 12.2. The molecule has 0 aromatic carbocycles. The molecule has 3 unspecified atom stereocenters. The average molecular weight is 309 g/mol. The molecule has 4 heteroatoms. The number of hydrogen-bond acceptors (Lipinski definition) is 2. The lowest BCUT2D eigenvalue weighted by Crippen LogP contribution is -2.32. The van der Waals surface area contributed by atoms with Gasteiger partial charge in [-0.15, -0.1) is 0 Å². The monoisotopic (exact) mass is 308 g/mol. The molecular formula is C14H17BrN2O. The van der Waals surface area contributed by atoms with Crippen molar-refractivity contribution in [3.05, 3.63) is 28.5 Å². The molecule has 0 aliphatic heterocycles. The minimum atomic E-state index is -0.0646. The Morgan fingerprint density at radius 3 is 3.00 bits per heavy atom. The lowest BCUT2D eigenvalue weighted by Gasteiger charge is -2.21. The minimum absolute atomic E-state index is 0.0646. The maximum Gasteiger partial charge on any atom is 0.271 e. The summed E-state index contributed by atoms with van der Waals surface area (Å²) < 4.78 is 0.760. The van der Waals surface area contributed by atoms with Crippen molar-refractivity contribution < 1.29 is 4.79 Å². The van der Waals surface area contributed by atoms with E-state index in [2.05, 4.69) is 26.2 Å². The molecule has 2 bridgehead atoms. The van der Waals surface area contributed by atoms with E-state index in [-0.39, 0.29) is 5.91 Å². The molecule has 2 saturated carbocycles. The Balaban J connectivity index is 1.57. The van der Waals surface area contributed by atoms with E-state index in [1.165, 1.54) is 25.7 Å². The number of carbonyl (C=O) groups is 1. The van der Waals surface area contributed by atoms with Crippen molar-refractivity contribution in [1.82, 2.24) is 10.3 Å². The van der Waals surface area contributed by atoms with E-state index in [4.69, 9.17) is 0 Å². The number of carbonyl (C=O) groups excluding carboxylic acids is 1. The van der Waals surface area contributed by atoms with Gasteiger partial charge in [-0.2, -0.15) is 0 Å². The number of nitrogens with one attached hydrogen (secondary N) is 1. The third-order valence-electron chi connectivity index (χ3n) is 4.38. The lowest BCUT2D eigenvalue weighted by atomic mass is 9.89. The van der Waals surface area contributed by atoms with E-state index < -0.39 is 0 Å². The predicted molar refractivity (Wildman–Crippen MR) is 73.2 cm³/mol. The van der Waals surface area contributed by atoms with Crippen LogP contribution in [0.25, 0.3) is 0 Å². The molecule has 3 atom stereocenters. The Bertz CT molecular complexity index is 463. The van der Waals surface area contributed by atoms with E-state index >= 15 is 0 Å². The SMILES string of the molecule is O=C(NCC1CC2CCC1C2)c1ncccc1Br. The molecule has 1 amide bonds. The quantitative estimate of drug-likeness (QED) is 0.932. The average Bonchev–Trinajstić information content (AvgIpc) is 2.98. The highest BCUT2D eigenvalue weighted by Gasteiger charge is 2.39. The third-order valence-corrected chi connectivity index (χ3v) is 5.02. The molecule has 1 heterocycles. The Kier molecular flexibility index (Phi) is 3.37. The molecule has 1 aromatic rings. The van der Waals surface area contributed by atoms with Crippen LogP contribution < -0.4 is 5.32 Å². The van der Waals surface area contributed by atoms with Crippen molar-refractivity contribution in [2.45, 2.75) is 25.7 Å². The first-order valence-corrected chi connectivity index (χ1v) is 7.42. The number of rotatable bonds is 3. The van der Waals surface area contributed by atoms with Gasteiger partial charge in [0.05, 0.1) is 0 Å². The van der Waals surface area contributed by atoms with Crippen molar-refractivity contribution >= 4 is 21.8 Å². The summed E-state index contributed by atoms with van der Waals surface area (Å²) >= 11 is 3.36. The van der Waals surface area contributed by atoms with E-state index in [1.54, 1.807) is 6.20 Å². The second-order valence-corrected chi connectivity index (χ2v) is 6.33. The molecule has 2 aliphatic rings. The molecule has 1 N–H and O–H groups in total. The minimum Gasteiger partial charge on any atom is -0.350 e. The van der Waals surface area contributed by atoms with Gasteiger partial charge in [-0.3, -0.25) is 4.79 Å². The number of pyridine rings is 1. The van der Waals surface area contributed by atoms with Crippen LogP contribution in [-0.2, 0) is 0 Å². The lowest BCUT2D eigenvalue weighted by molar-refractivity contribution is 0.0936. The highest BCUT2D eigenvalue weighted by atomic mass is 79.9. The summed E-state index contributed by atoms with van der Waals surface area (Å²) in [4.78, 5) is 16.1. The van der Waals surface area contributed by atoms with Gasteiger partial charge in [-0.05, 0) is 65.1 Å². The summed E-state index contributed by atoms with van der Waals surface area (Å²) in [5.41, 5.74) is 0.487. The van der Waals surface area contributed by atoms with Gasteiger partial charge in [0, 0.05) is 17.2 Å². The molecule has 1 aromatic heterocycles. The zero-order chi connectivity index (χ0) is 12.5. The van der Waals surface area contributed by atoms with Crippen LogP contribution in [0.1, 0.15) is 36.2 Å². The van der Waals surface area contributed by atoms with Crippen LogP contribution in [0.4, 0.5) is 0 Å². The summed E-state index contributed by atoms with van der Waals surface area (Å²) in [7, 11) is 0. The Hall–Kier alpha value is -0.900. The Morgan fingerprint density at radius 1 is 1.44 bits per heavy atom. The van der Waals surface area contributed by atoms with E-state index in [0.29, 0.717) is 11.6 Å². The van der Waals surface area contributed by atoms with E-state index in [9.17, 15) is 4.79 Å². The maximum absolute atomic E-state index is 12.0. The van der Waals surface area contributed by atoms with Crippen LogP contribution in [0.5, 0.6) is 0 Å². The molecule has 0 radical (unpaired) electrons. The molecule has 2 aliphatic carbocycles. The van der Waals surface area contributed by atoms with E-state index in [0.717, 1.165) is 22.9 Å². The maximum atomic E-state index is 12.0. The second kappa shape index (κ2) is 5.00. The van der Waals surface area contributed by atoms with Crippen LogP contribution in [0.15, 0.2) is 22.8 Å². The van der Waals surface area contributed by atoms with Crippen molar-refractivity contribution in [2.24, 2.45) is 17.8 Å². The number of halogens is 1. The summed E-state index contributed by atoms with van der Waals surface area (Å²) in [6.45, 7) is 0.809. The smallest absolute Gasteiger partial charge is 0.271 e.